The summed E-state index contributed by atoms with van der Waals surface area (Å²) in [6.45, 7) is 7.33. The summed E-state index contributed by atoms with van der Waals surface area (Å²) in [4.78, 5) is 13.9. The van der Waals surface area contributed by atoms with Gasteiger partial charge >= 0.3 is 6.09 Å². The van der Waals surface area contributed by atoms with Crippen LogP contribution in [0.25, 0.3) is 0 Å². The van der Waals surface area contributed by atoms with Crippen molar-refractivity contribution >= 4 is 6.09 Å². The number of fused-ring (bicyclic) bond motifs is 2. The molecule has 1 aromatic rings. The number of aliphatic hydroxyl groups is 1. The Kier molecular flexibility index (Phi) is 4.64. The highest BCUT2D eigenvalue weighted by atomic mass is 16.7. The molecule has 1 aromatic heterocycles. The fourth-order valence-electron chi connectivity index (χ4n) is 3.89. The maximum atomic E-state index is 12.2. The highest BCUT2D eigenvalue weighted by Gasteiger charge is 2.51. The first kappa shape index (κ1) is 18.6. The van der Waals surface area contributed by atoms with Crippen LogP contribution in [-0.4, -0.2) is 68.8 Å². The molecule has 0 radical (unpaired) electrons. The van der Waals surface area contributed by atoms with Crippen molar-refractivity contribution < 1.29 is 24.1 Å². The molecule has 1 amide bonds. The summed E-state index contributed by atoms with van der Waals surface area (Å²) in [5.41, 5.74) is -1.25. The Morgan fingerprint density at radius 1 is 1.33 bits per heavy atom. The fraction of sp³-hybridized carbons (Fsp3) is 0.833. The summed E-state index contributed by atoms with van der Waals surface area (Å²) in [6.07, 6.45) is 3.74. The SMILES string of the molecule is CC(C)(C)OC(=O)N1CCC(n2cc(C3(O)CC[C@H]4CO[C@@H]3O4)nn2)CC1. The van der Waals surface area contributed by atoms with E-state index in [1.807, 2.05) is 20.8 Å². The van der Waals surface area contributed by atoms with E-state index in [1.54, 1.807) is 15.8 Å². The van der Waals surface area contributed by atoms with Gasteiger partial charge in [-0.05, 0) is 46.5 Å². The van der Waals surface area contributed by atoms with Gasteiger partial charge in [0, 0.05) is 13.1 Å². The molecule has 0 aromatic carbocycles. The Bertz CT molecular complexity index is 694. The average molecular weight is 380 g/mol. The number of carbonyl (C=O) groups excluding carboxylic acids is 1. The second kappa shape index (κ2) is 6.72. The van der Waals surface area contributed by atoms with Crippen LogP contribution in [-0.2, 0) is 19.8 Å². The van der Waals surface area contributed by atoms with Gasteiger partial charge in [-0.2, -0.15) is 0 Å². The Hall–Kier alpha value is -1.71. The monoisotopic (exact) mass is 380 g/mol. The van der Waals surface area contributed by atoms with Gasteiger partial charge in [0.15, 0.2) is 11.9 Å². The zero-order valence-corrected chi connectivity index (χ0v) is 16.1. The summed E-state index contributed by atoms with van der Waals surface area (Å²) in [7, 11) is 0. The van der Waals surface area contributed by atoms with Crippen molar-refractivity contribution in [1.29, 1.82) is 0 Å². The average Bonchev–Trinajstić information content (AvgIpc) is 3.26. The summed E-state index contributed by atoms with van der Waals surface area (Å²) < 4.78 is 18.5. The maximum absolute atomic E-state index is 12.2. The van der Waals surface area contributed by atoms with Crippen molar-refractivity contribution in [2.24, 2.45) is 0 Å². The number of aromatic nitrogens is 3. The van der Waals surface area contributed by atoms with Crippen LogP contribution in [0.4, 0.5) is 4.79 Å². The summed E-state index contributed by atoms with van der Waals surface area (Å²) in [5, 5.41) is 19.5. The predicted octanol–water partition coefficient (Wildman–Crippen LogP) is 1.57. The third-order valence-electron chi connectivity index (χ3n) is 5.43. The Balaban J connectivity index is 1.38. The molecule has 0 saturated carbocycles. The fourth-order valence-corrected chi connectivity index (χ4v) is 3.89. The molecule has 4 rings (SSSR count). The first-order chi connectivity index (χ1) is 12.7. The third-order valence-corrected chi connectivity index (χ3v) is 5.43. The standard InChI is InChI=1S/C18H28N4O5/c1-17(2,3)27-16(23)21-8-5-12(6-9-21)22-10-14(19-20-22)18(24)7-4-13-11-25-15(18)26-13/h10,12-13,15,24H,4-9,11H2,1-3H3/t13-,15+,18?/m0/s1. The lowest BCUT2D eigenvalue weighted by molar-refractivity contribution is -0.219. The van der Waals surface area contributed by atoms with Crippen molar-refractivity contribution in [3.05, 3.63) is 11.9 Å². The third kappa shape index (κ3) is 3.68. The Labute approximate surface area is 158 Å². The second-order valence-corrected chi connectivity index (χ2v) is 8.67. The molecule has 0 spiro atoms. The van der Waals surface area contributed by atoms with Crippen molar-refractivity contribution in [2.45, 2.75) is 76.1 Å². The van der Waals surface area contributed by atoms with Gasteiger partial charge in [-0.15, -0.1) is 5.10 Å². The minimum absolute atomic E-state index is 0.0718. The maximum Gasteiger partial charge on any atom is 0.410 e. The summed E-state index contributed by atoms with van der Waals surface area (Å²) >= 11 is 0. The number of hydrogen-bond acceptors (Lipinski definition) is 7. The molecule has 3 aliphatic heterocycles. The van der Waals surface area contributed by atoms with Crippen molar-refractivity contribution in [1.82, 2.24) is 19.9 Å². The van der Waals surface area contributed by atoms with Crippen molar-refractivity contribution in [2.75, 3.05) is 19.7 Å². The molecule has 0 aliphatic carbocycles. The molecular formula is C18H28N4O5. The largest absolute Gasteiger partial charge is 0.444 e. The summed E-state index contributed by atoms with van der Waals surface area (Å²) in [6, 6.07) is 0.135. The number of amides is 1. The molecule has 150 valence electrons. The predicted molar refractivity (Wildman–Crippen MR) is 93.8 cm³/mol. The van der Waals surface area contributed by atoms with Gasteiger partial charge < -0.3 is 24.2 Å². The quantitative estimate of drug-likeness (QED) is 0.831. The van der Waals surface area contributed by atoms with Crippen molar-refractivity contribution in [3.63, 3.8) is 0 Å². The Morgan fingerprint density at radius 3 is 2.78 bits per heavy atom. The highest BCUT2D eigenvalue weighted by Crippen LogP contribution is 2.41. The van der Waals surface area contributed by atoms with Gasteiger partial charge in [-0.1, -0.05) is 5.21 Å². The lowest BCUT2D eigenvalue weighted by atomic mass is 9.90. The van der Waals surface area contributed by atoms with Gasteiger partial charge in [0.25, 0.3) is 0 Å². The van der Waals surface area contributed by atoms with Gasteiger partial charge in [0.1, 0.15) is 11.3 Å². The molecule has 2 bridgehead atoms. The molecule has 9 heteroatoms. The van der Waals surface area contributed by atoms with E-state index in [1.165, 1.54) is 0 Å². The molecular weight excluding hydrogens is 352 g/mol. The van der Waals surface area contributed by atoms with Crippen LogP contribution >= 0.6 is 0 Å². The molecule has 3 atom stereocenters. The summed E-state index contributed by atoms with van der Waals surface area (Å²) in [5.74, 6) is 0. The molecule has 1 unspecified atom stereocenters. The molecule has 1 N–H and O–H groups in total. The smallest absolute Gasteiger partial charge is 0.410 e. The molecule has 4 heterocycles. The van der Waals surface area contributed by atoms with E-state index < -0.39 is 17.5 Å². The number of carbonyl (C=O) groups is 1. The van der Waals surface area contributed by atoms with E-state index in [0.717, 1.165) is 19.3 Å². The minimum Gasteiger partial charge on any atom is -0.444 e. The lowest BCUT2D eigenvalue weighted by Crippen LogP contribution is -2.44. The van der Waals surface area contributed by atoms with Gasteiger partial charge in [-0.3, -0.25) is 0 Å². The van der Waals surface area contributed by atoms with E-state index in [0.29, 0.717) is 31.8 Å². The van der Waals surface area contributed by atoms with E-state index >= 15 is 0 Å². The van der Waals surface area contributed by atoms with Crippen LogP contribution in [0.15, 0.2) is 6.20 Å². The normalized spacial score (nSPS) is 31.9. The topological polar surface area (TPSA) is 98.9 Å². The van der Waals surface area contributed by atoms with Gasteiger partial charge in [0.2, 0.25) is 0 Å². The van der Waals surface area contributed by atoms with E-state index in [-0.39, 0.29) is 18.2 Å². The Morgan fingerprint density at radius 2 is 2.07 bits per heavy atom. The number of rotatable bonds is 2. The van der Waals surface area contributed by atoms with Crippen LogP contribution in [0.5, 0.6) is 0 Å². The molecule has 3 saturated heterocycles. The number of hydrogen-bond donors (Lipinski definition) is 1. The number of ether oxygens (including phenoxy) is 3. The van der Waals surface area contributed by atoms with Gasteiger partial charge in [0.05, 0.1) is 24.9 Å². The molecule has 27 heavy (non-hydrogen) atoms. The number of piperidine rings is 1. The van der Waals surface area contributed by atoms with Crippen LogP contribution < -0.4 is 0 Å². The van der Waals surface area contributed by atoms with Gasteiger partial charge in [-0.25, -0.2) is 9.48 Å². The second-order valence-electron chi connectivity index (χ2n) is 8.67. The van der Waals surface area contributed by atoms with E-state index in [9.17, 15) is 9.90 Å². The van der Waals surface area contributed by atoms with Crippen LogP contribution in [0.2, 0.25) is 0 Å². The van der Waals surface area contributed by atoms with Crippen LogP contribution in [0.3, 0.4) is 0 Å². The van der Waals surface area contributed by atoms with Crippen molar-refractivity contribution in [3.8, 4) is 0 Å². The number of nitrogens with zero attached hydrogens (tertiary/aromatic N) is 4. The zero-order valence-electron chi connectivity index (χ0n) is 16.1. The minimum atomic E-state index is -1.25. The zero-order chi connectivity index (χ0) is 19.2. The molecule has 3 aliphatic rings. The number of likely N-dealkylation sites (tertiary alicyclic amines) is 1. The first-order valence-corrected chi connectivity index (χ1v) is 9.64. The highest BCUT2D eigenvalue weighted by molar-refractivity contribution is 5.68. The van der Waals surface area contributed by atoms with Crippen LogP contribution in [0.1, 0.15) is 58.2 Å². The van der Waals surface area contributed by atoms with E-state index in [4.69, 9.17) is 14.2 Å². The van der Waals surface area contributed by atoms with Crippen LogP contribution in [0, 0.1) is 0 Å². The molecule has 3 fully saturated rings. The lowest BCUT2D eigenvalue weighted by Gasteiger charge is -2.34. The molecule has 9 nitrogen and oxygen atoms in total. The first-order valence-electron chi connectivity index (χ1n) is 9.64. The van der Waals surface area contributed by atoms with E-state index in [2.05, 4.69) is 10.3 Å².